The van der Waals surface area contributed by atoms with Gasteiger partial charge in [-0.3, -0.25) is 0 Å². The lowest BCUT2D eigenvalue weighted by molar-refractivity contribution is 0.100. The first-order chi connectivity index (χ1) is 5.52. The molecule has 0 amide bonds. The first-order valence-corrected chi connectivity index (χ1v) is 4.71. The van der Waals surface area contributed by atoms with Gasteiger partial charge in [0.05, 0.1) is 5.92 Å². The van der Waals surface area contributed by atoms with Crippen molar-refractivity contribution in [3.8, 4) is 0 Å². The van der Waals surface area contributed by atoms with Gasteiger partial charge in [0.15, 0.2) is 0 Å². The first kappa shape index (κ1) is 9.89. The van der Waals surface area contributed by atoms with Gasteiger partial charge < -0.3 is 0 Å². The summed E-state index contributed by atoms with van der Waals surface area (Å²) in [6, 6.07) is 8.80. The van der Waals surface area contributed by atoms with Gasteiger partial charge in [-0.25, -0.2) is 0 Å². The Kier molecular flexibility index (Phi) is 3.04. The molecule has 0 heterocycles. The van der Waals surface area contributed by atoms with E-state index in [0.717, 1.165) is 0 Å². The van der Waals surface area contributed by atoms with Crippen LogP contribution in [0.2, 0.25) is 0 Å². The highest BCUT2D eigenvalue weighted by Gasteiger charge is 2.33. The van der Waals surface area contributed by atoms with E-state index in [-0.39, 0.29) is 0 Å². The largest absolute Gasteiger partial charge is 0.303 e. The van der Waals surface area contributed by atoms with Gasteiger partial charge in [-0.1, -0.05) is 37.3 Å². The number of benzene rings is 1. The summed E-state index contributed by atoms with van der Waals surface area (Å²) >= 11 is 1.17. The van der Waals surface area contributed by atoms with E-state index in [4.69, 9.17) is 0 Å². The van der Waals surface area contributed by atoms with Crippen molar-refractivity contribution < 1.29 is 8.78 Å². The van der Waals surface area contributed by atoms with E-state index in [9.17, 15) is 8.78 Å². The summed E-state index contributed by atoms with van der Waals surface area (Å²) in [5, 5.41) is 0. The molecule has 12 heavy (non-hydrogen) atoms. The molecule has 1 aromatic carbocycles. The Bertz CT molecular complexity index is 240. The minimum Gasteiger partial charge on any atom is -0.194 e. The van der Waals surface area contributed by atoms with E-state index in [1.165, 1.54) is 29.5 Å². The van der Waals surface area contributed by atoms with Gasteiger partial charge in [0, 0.05) is 0 Å². The van der Waals surface area contributed by atoms with Crippen LogP contribution in [0, 0.1) is 0 Å². The minimum absolute atomic E-state index is 0.678. The zero-order valence-corrected chi connectivity index (χ0v) is 8.76. The Balaban J connectivity index is 2.86. The van der Waals surface area contributed by atoms with Crippen LogP contribution in [0.25, 0.3) is 0 Å². The number of alkyl halides is 3. The molecule has 1 rings (SSSR count). The standard InChI is InChI=1S/C9H9F2I/c1-7(9(10,11)12)8-5-3-2-4-6-8/h2-7H,1H3/t7-/m1/s1. The molecule has 0 saturated heterocycles. The molecular weight excluding hydrogens is 273 g/mol. The monoisotopic (exact) mass is 282 g/mol. The molecule has 0 N–H and O–H groups in total. The van der Waals surface area contributed by atoms with E-state index in [0.29, 0.717) is 5.56 Å². The molecule has 0 aliphatic rings. The normalized spacial score (nSPS) is 14.3. The Morgan fingerprint density at radius 3 is 2.17 bits per heavy atom. The second-order valence-electron chi connectivity index (χ2n) is 2.67. The molecule has 0 saturated carbocycles. The molecule has 0 aromatic heterocycles. The summed E-state index contributed by atoms with van der Waals surface area (Å²) in [6.07, 6.45) is 0. The molecule has 0 aliphatic heterocycles. The lowest BCUT2D eigenvalue weighted by atomic mass is 10.0. The fourth-order valence-corrected chi connectivity index (χ4v) is 1.29. The zero-order valence-electron chi connectivity index (χ0n) is 6.60. The van der Waals surface area contributed by atoms with Crippen molar-refractivity contribution in [2.45, 2.75) is 16.8 Å². The van der Waals surface area contributed by atoms with Crippen molar-refractivity contribution in [3.05, 3.63) is 35.9 Å². The third kappa shape index (κ3) is 2.40. The topological polar surface area (TPSA) is 0 Å². The average Bonchev–Trinajstić information content (AvgIpc) is 2.03. The van der Waals surface area contributed by atoms with Crippen LogP contribution in [0.4, 0.5) is 8.78 Å². The molecule has 0 bridgehead atoms. The minimum atomic E-state index is -2.67. The second-order valence-corrected chi connectivity index (χ2v) is 4.11. The number of halogens is 3. The maximum Gasteiger partial charge on any atom is 0.303 e. The second kappa shape index (κ2) is 3.68. The summed E-state index contributed by atoms with van der Waals surface area (Å²) in [5.74, 6) is -0.723. The molecule has 0 unspecified atom stereocenters. The summed E-state index contributed by atoms with van der Waals surface area (Å²) < 4.78 is 22.9. The van der Waals surface area contributed by atoms with E-state index in [2.05, 4.69) is 0 Å². The lowest BCUT2D eigenvalue weighted by Gasteiger charge is -2.17. The maximum atomic E-state index is 12.8. The number of rotatable bonds is 2. The molecule has 0 nitrogen and oxygen atoms in total. The molecule has 0 fully saturated rings. The van der Waals surface area contributed by atoms with E-state index in [1.807, 2.05) is 6.07 Å². The van der Waals surface area contributed by atoms with Crippen LogP contribution >= 0.6 is 22.6 Å². The van der Waals surface area contributed by atoms with Crippen LogP contribution in [-0.4, -0.2) is 3.93 Å². The van der Waals surface area contributed by atoms with Crippen LogP contribution in [0.1, 0.15) is 18.4 Å². The van der Waals surface area contributed by atoms with Gasteiger partial charge in [-0.2, -0.15) is 8.78 Å². The summed E-state index contributed by atoms with van der Waals surface area (Å²) in [7, 11) is 0. The lowest BCUT2D eigenvalue weighted by Crippen LogP contribution is -2.15. The van der Waals surface area contributed by atoms with Gasteiger partial charge in [0.2, 0.25) is 0 Å². The van der Waals surface area contributed by atoms with Crippen LogP contribution in [0.15, 0.2) is 30.3 Å². The third-order valence-corrected chi connectivity index (χ3v) is 2.72. The quantitative estimate of drug-likeness (QED) is 0.571. The first-order valence-electron chi connectivity index (χ1n) is 3.63. The smallest absolute Gasteiger partial charge is 0.194 e. The Labute approximate surface area is 84.1 Å². The Morgan fingerprint density at radius 2 is 1.75 bits per heavy atom. The van der Waals surface area contributed by atoms with Gasteiger partial charge in [0.25, 0.3) is 0 Å². The van der Waals surface area contributed by atoms with Crippen molar-refractivity contribution in [2.75, 3.05) is 0 Å². The van der Waals surface area contributed by atoms with Gasteiger partial charge >= 0.3 is 3.93 Å². The Morgan fingerprint density at radius 1 is 1.25 bits per heavy atom. The molecule has 0 aliphatic carbocycles. The van der Waals surface area contributed by atoms with Crippen molar-refractivity contribution in [3.63, 3.8) is 0 Å². The predicted molar refractivity (Wildman–Crippen MR) is 53.8 cm³/mol. The molecule has 66 valence electrons. The highest BCUT2D eigenvalue weighted by molar-refractivity contribution is 14.1. The molecule has 1 atom stereocenters. The SMILES string of the molecule is C[C@H](c1ccccc1)C(F)(F)I. The molecule has 0 radical (unpaired) electrons. The number of hydrogen-bond acceptors (Lipinski definition) is 0. The highest BCUT2D eigenvalue weighted by atomic mass is 127. The molecule has 3 heteroatoms. The summed E-state index contributed by atoms with van der Waals surface area (Å²) in [4.78, 5) is 0. The van der Waals surface area contributed by atoms with Crippen molar-refractivity contribution >= 4 is 22.6 Å². The van der Waals surface area contributed by atoms with E-state index >= 15 is 0 Å². The van der Waals surface area contributed by atoms with Crippen LogP contribution < -0.4 is 0 Å². The summed E-state index contributed by atoms with van der Waals surface area (Å²) in [6.45, 7) is 1.53. The van der Waals surface area contributed by atoms with Crippen molar-refractivity contribution in [1.29, 1.82) is 0 Å². The van der Waals surface area contributed by atoms with E-state index in [1.54, 1.807) is 24.3 Å². The van der Waals surface area contributed by atoms with Crippen molar-refractivity contribution in [2.24, 2.45) is 0 Å². The van der Waals surface area contributed by atoms with Gasteiger partial charge in [0.1, 0.15) is 0 Å². The number of hydrogen-bond donors (Lipinski definition) is 0. The fourth-order valence-electron chi connectivity index (χ4n) is 0.931. The Hall–Kier alpha value is -0.190. The van der Waals surface area contributed by atoms with E-state index < -0.39 is 9.85 Å². The molecular formula is C9H9F2I. The molecule has 0 spiro atoms. The third-order valence-electron chi connectivity index (χ3n) is 1.79. The van der Waals surface area contributed by atoms with Gasteiger partial charge in [-0.15, -0.1) is 0 Å². The van der Waals surface area contributed by atoms with Crippen LogP contribution in [0.5, 0.6) is 0 Å². The highest BCUT2D eigenvalue weighted by Crippen LogP contribution is 2.38. The van der Waals surface area contributed by atoms with Crippen LogP contribution in [0.3, 0.4) is 0 Å². The van der Waals surface area contributed by atoms with Gasteiger partial charge in [-0.05, 0) is 28.2 Å². The summed E-state index contributed by atoms with van der Waals surface area (Å²) in [5.41, 5.74) is 0.678. The van der Waals surface area contributed by atoms with Crippen LogP contribution in [-0.2, 0) is 0 Å². The maximum absolute atomic E-state index is 12.8. The average molecular weight is 282 g/mol. The molecule has 1 aromatic rings. The fraction of sp³-hybridized carbons (Fsp3) is 0.333. The van der Waals surface area contributed by atoms with Crippen molar-refractivity contribution in [1.82, 2.24) is 0 Å². The zero-order chi connectivity index (χ0) is 9.19. The predicted octanol–water partition coefficient (Wildman–Crippen LogP) is 3.82.